The van der Waals surface area contributed by atoms with Crippen LogP contribution in [0.4, 0.5) is 0 Å². The zero-order chi connectivity index (χ0) is 10.5. The van der Waals surface area contributed by atoms with Crippen molar-refractivity contribution in [3.63, 3.8) is 0 Å². The first kappa shape index (κ1) is 10.6. The Morgan fingerprint density at radius 1 is 1.60 bits per heavy atom. The first-order chi connectivity index (χ1) is 7.36. The van der Waals surface area contributed by atoms with Crippen molar-refractivity contribution >= 4 is 0 Å². The van der Waals surface area contributed by atoms with Crippen molar-refractivity contribution in [3.05, 3.63) is 17.5 Å². The minimum Gasteiger partial charge on any atom is -0.377 e. The molecule has 0 aromatic carbocycles. The van der Waals surface area contributed by atoms with Crippen molar-refractivity contribution in [3.8, 4) is 0 Å². The molecule has 4 nitrogen and oxygen atoms in total. The molecule has 1 saturated heterocycles. The monoisotopic (exact) mass is 209 g/mol. The Hall–Kier alpha value is -0.870. The highest BCUT2D eigenvalue weighted by atomic mass is 16.5. The highest BCUT2D eigenvalue weighted by Gasteiger charge is 2.13. The smallest absolute Gasteiger partial charge is 0.0699 e. The van der Waals surface area contributed by atoms with Gasteiger partial charge in [-0.15, -0.1) is 0 Å². The number of nitrogens with zero attached hydrogens (tertiary/aromatic N) is 1. The Morgan fingerprint density at radius 3 is 3.20 bits per heavy atom. The number of hydrogen-bond acceptors (Lipinski definition) is 3. The Morgan fingerprint density at radius 2 is 2.53 bits per heavy atom. The molecule has 1 fully saturated rings. The average molecular weight is 209 g/mol. The second-order valence-electron chi connectivity index (χ2n) is 4.14. The minimum atomic E-state index is 0.408. The van der Waals surface area contributed by atoms with E-state index < -0.39 is 0 Å². The summed E-state index contributed by atoms with van der Waals surface area (Å²) in [6, 6.07) is 0. The van der Waals surface area contributed by atoms with E-state index in [1.807, 2.05) is 13.1 Å². The third kappa shape index (κ3) is 3.04. The van der Waals surface area contributed by atoms with Gasteiger partial charge in [0.15, 0.2) is 0 Å². The van der Waals surface area contributed by atoms with Gasteiger partial charge in [-0.25, -0.2) is 0 Å². The molecule has 0 saturated carbocycles. The van der Waals surface area contributed by atoms with E-state index in [4.69, 9.17) is 4.74 Å². The third-order valence-electron chi connectivity index (χ3n) is 2.90. The zero-order valence-electron chi connectivity index (χ0n) is 9.25. The van der Waals surface area contributed by atoms with Crippen LogP contribution in [-0.4, -0.2) is 29.5 Å². The Labute approximate surface area is 90.4 Å². The van der Waals surface area contributed by atoms with Crippen molar-refractivity contribution in [2.75, 3.05) is 13.2 Å². The standard InChI is InChI=1S/C11H19N3O/c1-9-10(7-13-14-9)6-12-8-11-4-2-3-5-15-11/h7,11-12H,2-6,8H2,1H3,(H,13,14). The second kappa shape index (κ2) is 5.28. The molecule has 0 spiro atoms. The van der Waals surface area contributed by atoms with Crippen LogP contribution in [0.3, 0.4) is 0 Å². The van der Waals surface area contributed by atoms with Crippen LogP contribution in [0.1, 0.15) is 30.5 Å². The molecule has 1 aliphatic heterocycles. The number of rotatable bonds is 4. The molecular weight excluding hydrogens is 190 g/mol. The zero-order valence-corrected chi connectivity index (χ0v) is 9.25. The summed E-state index contributed by atoms with van der Waals surface area (Å²) >= 11 is 0. The highest BCUT2D eigenvalue weighted by molar-refractivity contribution is 5.13. The maximum Gasteiger partial charge on any atom is 0.0699 e. The quantitative estimate of drug-likeness (QED) is 0.787. The van der Waals surface area contributed by atoms with E-state index in [9.17, 15) is 0 Å². The van der Waals surface area contributed by atoms with E-state index in [0.29, 0.717) is 6.10 Å². The van der Waals surface area contributed by atoms with Crippen LogP contribution < -0.4 is 5.32 Å². The van der Waals surface area contributed by atoms with Gasteiger partial charge in [0.2, 0.25) is 0 Å². The summed E-state index contributed by atoms with van der Waals surface area (Å²) in [5, 5.41) is 10.3. The molecule has 1 aliphatic rings. The van der Waals surface area contributed by atoms with Crippen LogP contribution in [-0.2, 0) is 11.3 Å². The Bertz CT molecular complexity index is 292. The minimum absolute atomic E-state index is 0.408. The molecule has 0 radical (unpaired) electrons. The normalized spacial score (nSPS) is 21.8. The number of aromatic amines is 1. The summed E-state index contributed by atoms with van der Waals surface area (Å²) in [7, 11) is 0. The largest absolute Gasteiger partial charge is 0.377 e. The first-order valence-electron chi connectivity index (χ1n) is 5.67. The lowest BCUT2D eigenvalue weighted by atomic mass is 10.1. The molecule has 2 N–H and O–H groups in total. The van der Waals surface area contributed by atoms with Gasteiger partial charge < -0.3 is 10.1 Å². The molecule has 2 rings (SSSR count). The van der Waals surface area contributed by atoms with Crippen molar-refractivity contribution < 1.29 is 4.74 Å². The first-order valence-corrected chi connectivity index (χ1v) is 5.67. The van der Waals surface area contributed by atoms with Crippen LogP contribution in [0, 0.1) is 6.92 Å². The number of hydrogen-bond donors (Lipinski definition) is 2. The molecular formula is C11H19N3O. The fourth-order valence-corrected chi connectivity index (χ4v) is 1.89. The second-order valence-corrected chi connectivity index (χ2v) is 4.14. The molecule has 0 bridgehead atoms. The maximum atomic E-state index is 5.64. The molecule has 15 heavy (non-hydrogen) atoms. The predicted molar refractivity (Wildman–Crippen MR) is 58.6 cm³/mol. The van der Waals surface area contributed by atoms with E-state index >= 15 is 0 Å². The lowest BCUT2D eigenvalue weighted by Gasteiger charge is -2.22. The van der Waals surface area contributed by atoms with Crippen molar-refractivity contribution in [1.82, 2.24) is 15.5 Å². The summed E-state index contributed by atoms with van der Waals surface area (Å²) in [5.41, 5.74) is 2.39. The van der Waals surface area contributed by atoms with E-state index in [0.717, 1.165) is 25.4 Å². The predicted octanol–water partition coefficient (Wildman–Crippen LogP) is 1.38. The van der Waals surface area contributed by atoms with Gasteiger partial charge in [0.1, 0.15) is 0 Å². The molecule has 1 unspecified atom stereocenters. The van der Waals surface area contributed by atoms with E-state index in [2.05, 4.69) is 15.5 Å². The number of nitrogens with one attached hydrogen (secondary N) is 2. The van der Waals surface area contributed by atoms with Crippen molar-refractivity contribution in [1.29, 1.82) is 0 Å². The number of aromatic nitrogens is 2. The van der Waals surface area contributed by atoms with Gasteiger partial charge >= 0.3 is 0 Å². The summed E-state index contributed by atoms with van der Waals surface area (Å²) in [6.45, 7) is 4.80. The van der Waals surface area contributed by atoms with Crippen LogP contribution >= 0.6 is 0 Å². The summed E-state index contributed by atoms with van der Waals surface area (Å²) in [4.78, 5) is 0. The van der Waals surface area contributed by atoms with Crippen LogP contribution in [0.15, 0.2) is 6.20 Å². The van der Waals surface area contributed by atoms with Gasteiger partial charge in [-0.1, -0.05) is 0 Å². The highest BCUT2D eigenvalue weighted by Crippen LogP contribution is 2.11. The maximum absolute atomic E-state index is 5.64. The van der Waals surface area contributed by atoms with E-state index in [1.165, 1.54) is 24.8 Å². The molecule has 4 heteroatoms. The molecule has 0 amide bonds. The topological polar surface area (TPSA) is 49.9 Å². The van der Waals surface area contributed by atoms with Crippen LogP contribution in [0.5, 0.6) is 0 Å². The number of aryl methyl sites for hydroxylation is 1. The molecule has 0 aliphatic carbocycles. The average Bonchev–Trinajstić information content (AvgIpc) is 2.66. The lowest BCUT2D eigenvalue weighted by Crippen LogP contribution is -2.31. The number of H-pyrrole nitrogens is 1. The Kier molecular flexibility index (Phi) is 3.75. The molecule has 2 heterocycles. The third-order valence-corrected chi connectivity index (χ3v) is 2.90. The van der Waals surface area contributed by atoms with E-state index in [1.54, 1.807) is 0 Å². The molecule has 1 atom stereocenters. The van der Waals surface area contributed by atoms with Gasteiger partial charge in [0.05, 0.1) is 12.3 Å². The summed E-state index contributed by atoms with van der Waals surface area (Å²) in [6.07, 6.45) is 6.00. The fourth-order valence-electron chi connectivity index (χ4n) is 1.89. The van der Waals surface area contributed by atoms with Gasteiger partial charge in [-0.2, -0.15) is 5.10 Å². The fraction of sp³-hybridized carbons (Fsp3) is 0.727. The molecule has 1 aromatic heterocycles. The van der Waals surface area contributed by atoms with Gasteiger partial charge in [-0.05, 0) is 26.2 Å². The van der Waals surface area contributed by atoms with Gasteiger partial charge in [0, 0.05) is 31.0 Å². The van der Waals surface area contributed by atoms with E-state index in [-0.39, 0.29) is 0 Å². The Balaban J connectivity index is 1.68. The van der Waals surface area contributed by atoms with Crippen molar-refractivity contribution in [2.24, 2.45) is 0 Å². The number of ether oxygens (including phenoxy) is 1. The lowest BCUT2D eigenvalue weighted by molar-refractivity contribution is 0.0168. The summed E-state index contributed by atoms with van der Waals surface area (Å²) in [5.74, 6) is 0. The summed E-state index contributed by atoms with van der Waals surface area (Å²) < 4.78 is 5.64. The van der Waals surface area contributed by atoms with Crippen LogP contribution in [0.2, 0.25) is 0 Å². The molecule has 1 aromatic rings. The van der Waals surface area contributed by atoms with Gasteiger partial charge in [0.25, 0.3) is 0 Å². The van der Waals surface area contributed by atoms with Gasteiger partial charge in [-0.3, -0.25) is 5.10 Å². The van der Waals surface area contributed by atoms with Crippen molar-refractivity contribution in [2.45, 2.75) is 38.8 Å². The van der Waals surface area contributed by atoms with Crippen LogP contribution in [0.25, 0.3) is 0 Å². The SMILES string of the molecule is Cc1[nH]ncc1CNCC1CCCCO1. The molecule has 84 valence electrons.